The van der Waals surface area contributed by atoms with E-state index in [1.54, 1.807) is 0 Å². The van der Waals surface area contributed by atoms with Crippen LogP contribution in [0.3, 0.4) is 0 Å². The van der Waals surface area contributed by atoms with Gasteiger partial charge in [-0.3, -0.25) is 0 Å². The molecule has 0 aromatic heterocycles. The van der Waals surface area contributed by atoms with E-state index in [-0.39, 0.29) is 0 Å². The van der Waals surface area contributed by atoms with Crippen LogP contribution >= 0.6 is 23.8 Å². The average Bonchev–Trinajstić information content (AvgIpc) is 2.43. The van der Waals surface area contributed by atoms with Crippen LogP contribution in [0.5, 0.6) is 0 Å². The van der Waals surface area contributed by atoms with Crippen LogP contribution in [0, 0.1) is 6.92 Å². The van der Waals surface area contributed by atoms with Crippen molar-refractivity contribution in [1.82, 2.24) is 0 Å². The second kappa shape index (κ2) is 6.92. The molecule has 0 aliphatic heterocycles. The summed E-state index contributed by atoms with van der Waals surface area (Å²) in [6.45, 7) is 6.30. The molecule has 0 aliphatic rings. The van der Waals surface area contributed by atoms with Gasteiger partial charge in [0.2, 0.25) is 0 Å². The zero-order valence-corrected chi connectivity index (χ0v) is 14.0. The Morgan fingerprint density at radius 3 is 2.48 bits per heavy atom. The van der Waals surface area contributed by atoms with E-state index < -0.39 is 0 Å². The molecule has 2 aromatic carbocycles. The number of thiocarbonyl (C=S) groups is 1. The molecule has 2 N–H and O–H groups in total. The van der Waals surface area contributed by atoms with E-state index in [0.717, 1.165) is 22.0 Å². The summed E-state index contributed by atoms with van der Waals surface area (Å²) in [4.78, 5) is 0. The first-order chi connectivity index (χ1) is 9.97. The fraction of sp³-hybridized carbons (Fsp3) is 0.235. The summed E-state index contributed by atoms with van der Waals surface area (Å²) in [7, 11) is 0. The Kier molecular flexibility index (Phi) is 5.21. The van der Waals surface area contributed by atoms with Gasteiger partial charge in [-0.2, -0.15) is 0 Å². The van der Waals surface area contributed by atoms with E-state index in [1.165, 1.54) is 5.56 Å². The fourth-order valence-corrected chi connectivity index (χ4v) is 2.48. The van der Waals surface area contributed by atoms with Gasteiger partial charge in [0.25, 0.3) is 0 Å². The van der Waals surface area contributed by atoms with E-state index in [0.29, 0.717) is 11.0 Å². The van der Waals surface area contributed by atoms with Gasteiger partial charge < -0.3 is 10.6 Å². The maximum Gasteiger partial charge on any atom is 0.175 e. The Hall–Kier alpha value is -1.58. The van der Waals surface area contributed by atoms with Gasteiger partial charge in [0.15, 0.2) is 5.11 Å². The molecule has 2 nitrogen and oxygen atoms in total. The molecule has 0 aliphatic carbocycles. The first-order valence-corrected chi connectivity index (χ1v) is 7.69. The highest BCUT2D eigenvalue weighted by molar-refractivity contribution is 7.80. The minimum atomic E-state index is 0.435. The van der Waals surface area contributed by atoms with Gasteiger partial charge >= 0.3 is 0 Å². The third-order valence-electron chi connectivity index (χ3n) is 3.26. The van der Waals surface area contributed by atoms with Crippen molar-refractivity contribution in [3.05, 3.63) is 58.6 Å². The van der Waals surface area contributed by atoms with E-state index in [9.17, 15) is 0 Å². The van der Waals surface area contributed by atoms with Crippen molar-refractivity contribution in [2.45, 2.75) is 26.7 Å². The number of hydrogen-bond acceptors (Lipinski definition) is 1. The molecule has 0 bridgehead atoms. The normalized spacial score (nSPS) is 10.5. The molecule has 2 rings (SSSR count). The third kappa shape index (κ3) is 4.19. The standard InChI is InChI=1S/C17H19ClN2S/c1-11(2)14-6-4-5-7-16(14)20-17(21)19-13-9-8-12(3)15(18)10-13/h4-11H,1-3H3,(H2,19,20,21). The van der Waals surface area contributed by atoms with Gasteiger partial charge in [0.1, 0.15) is 0 Å². The van der Waals surface area contributed by atoms with Gasteiger partial charge in [-0.25, -0.2) is 0 Å². The SMILES string of the molecule is Cc1ccc(NC(=S)Nc2ccccc2C(C)C)cc1Cl. The minimum Gasteiger partial charge on any atom is -0.332 e. The Bertz CT molecular complexity index is 653. The maximum atomic E-state index is 6.12. The number of rotatable bonds is 3. The lowest BCUT2D eigenvalue weighted by Gasteiger charge is -2.16. The van der Waals surface area contributed by atoms with E-state index in [4.69, 9.17) is 23.8 Å². The highest BCUT2D eigenvalue weighted by atomic mass is 35.5. The molecule has 4 heteroatoms. The second-order valence-electron chi connectivity index (χ2n) is 5.29. The number of benzene rings is 2. The van der Waals surface area contributed by atoms with Gasteiger partial charge in [-0.1, -0.05) is 49.7 Å². The molecule has 0 radical (unpaired) electrons. The molecule has 0 spiro atoms. The molecule has 110 valence electrons. The second-order valence-corrected chi connectivity index (χ2v) is 6.10. The van der Waals surface area contributed by atoms with Gasteiger partial charge in [-0.15, -0.1) is 0 Å². The zero-order valence-electron chi connectivity index (χ0n) is 12.4. The molecule has 2 aromatic rings. The summed E-state index contributed by atoms with van der Waals surface area (Å²) in [5.41, 5.74) is 4.20. The summed E-state index contributed by atoms with van der Waals surface area (Å²) in [6, 6.07) is 14.0. The number of hydrogen-bond donors (Lipinski definition) is 2. The van der Waals surface area contributed by atoms with Gasteiger partial charge in [-0.05, 0) is 54.4 Å². The molecular formula is C17H19ClN2S. The predicted molar refractivity (Wildman–Crippen MR) is 96.6 cm³/mol. The number of anilines is 2. The summed E-state index contributed by atoms with van der Waals surface area (Å²) in [5, 5.41) is 7.70. The minimum absolute atomic E-state index is 0.435. The van der Waals surface area contributed by atoms with Crippen LogP contribution in [0.4, 0.5) is 11.4 Å². The van der Waals surface area contributed by atoms with Crippen LogP contribution in [0.15, 0.2) is 42.5 Å². The largest absolute Gasteiger partial charge is 0.332 e. The molecular weight excluding hydrogens is 300 g/mol. The Morgan fingerprint density at radius 1 is 1.10 bits per heavy atom. The molecule has 21 heavy (non-hydrogen) atoms. The monoisotopic (exact) mass is 318 g/mol. The quantitative estimate of drug-likeness (QED) is 0.722. The van der Waals surface area contributed by atoms with Crippen LogP contribution in [0.25, 0.3) is 0 Å². The van der Waals surface area contributed by atoms with Crippen LogP contribution < -0.4 is 10.6 Å². The first-order valence-electron chi connectivity index (χ1n) is 6.90. The summed E-state index contributed by atoms with van der Waals surface area (Å²) >= 11 is 11.5. The van der Waals surface area contributed by atoms with Crippen molar-refractivity contribution in [1.29, 1.82) is 0 Å². The molecule has 0 heterocycles. The molecule has 0 fully saturated rings. The molecule has 0 amide bonds. The summed E-state index contributed by atoms with van der Waals surface area (Å²) in [5.74, 6) is 0.435. The number of para-hydroxylation sites is 1. The lowest BCUT2D eigenvalue weighted by atomic mass is 10.0. The third-order valence-corrected chi connectivity index (χ3v) is 3.87. The Labute approximate surface area is 136 Å². The van der Waals surface area contributed by atoms with Crippen molar-refractivity contribution in [2.75, 3.05) is 10.6 Å². The van der Waals surface area contributed by atoms with Crippen molar-refractivity contribution >= 4 is 40.3 Å². The number of halogens is 1. The van der Waals surface area contributed by atoms with E-state index in [2.05, 4.69) is 30.5 Å². The Morgan fingerprint density at radius 2 is 1.81 bits per heavy atom. The van der Waals surface area contributed by atoms with Crippen molar-refractivity contribution in [2.24, 2.45) is 0 Å². The van der Waals surface area contributed by atoms with Crippen molar-refractivity contribution in [3.8, 4) is 0 Å². The lowest BCUT2D eigenvalue weighted by molar-refractivity contribution is 0.869. The van der Waals surface area contributed by atoms with E-state index >= 15 is 0 Å². The highest BCUT2D eigenvalue weighted by Gasteiger charge is 2.07. The topological polar surface area (TPSA) is 24.1 Å². The van der Waals surface area contributed by atoms with Crippen LogP contribution in [-0.4, -0.2) is 5.11 Å². The highest BCUT2D eigenvalue weighted by Crippen LogP contribution is 2.24. The average molecular weight is 319 g/mol. The fourth-order valence-electron chi connectivity index (χ4n) is 2.07. The van der Waals surface area contributed by atoms with Crippen molar-refractivity contribution in [3.63, 3.8) is 0 Å². The van der Waals surface area contributed by atoms with E-state index in [1.807, 2.05) is 43.3 Å². The summed E-state index contributed by atoms with van der Waals surface area (Å²) < 4.78 is 0. The van der Waals surface area contributed by atoms with Crippen LogP contribution in [0.1, 0.15) is 30.9 Å². The van der Waals surface area contributed by atoms with Crippen LogP contribution in [-0.2, 0) is 0 Å². The molecule has 0 saturated carbocycles. The maximum absolute atomic E-state index is 6.12. The molecule has 0 saturated heterocycles. The Balaban J connectivity index is 2.10. The lowest BCUT2D eigenvalue weighted by Crippen LogP contribution is -2.20. The van der Waals surface area contributed by atoms with Crippen molar-refractivity contribution < 1.29 is 0 Å². The van der Waals surface area contributed by atoms with Gasteiger partial charge in [0, 0.05) is 16.4 Å². The zero-order chi connectivity index (χ0) is 15.4. The predicted octanol–water partition coefficient (Wildman–Crippen LogP) is 5.58. The first kappa shape index (κ1) is 15.8. The molecule has 0 atom stereocenters. The number of aryl methyl sites for hydroxylation is 1. The smallest absolute Gasteiger partial charge is 0.175 e. The van der Waals surface area contributed by atoms with Gasteiger partial charge in [0.05, 0.1) is 0 Å². The van der Waals surface area contributed by atoms with Crippen LogP contribution in [0.2, 0.25) is 5.02 Å². The summed E-state index contributed by atoms with van der Waals surface area (Å²) in [6.07, 6.45) is 0. The number of nitrogens with one attached hydrogen (secondary N) is 2. The molecule has 0 unspecified atom stereocenters.